The predicted molar refractivity (Wildman–Crippen MR) is 99.0 cm³/mol. The molecule has 2 N–H and O–H groups in total. The maximum Gasteiger partial charge on any atom is 0.313 e. The van der Waals surface area contributed by atoms with E-state index in [-0.39, 0.29) is 17.6 Å². The van der Waals surface area contributed by atoms with Crippen LogP contribution in [0.2, 0.25) is 4.34 Å². The van der Waals surface area contributed by atoms with E-state index in [9.17, 15) is 14.4 Å². The van der Waals surface area contributed by atoms with Crippen LogP contribution in [0.25, 0.3) is 0 Å². The molecule has 0 saturated heterocycles. The van der Waals surface area contributed by atoms with E-state index in [1.54, 1.807) is 57.4 Å². The number of para-hydroxylation sites is 1. The summed E-state index contributed by atoms with van der Waals surface area (Å²) in [7, 11) is 3.23. The average Bonchev–Trinajstić information content (AvgIpc) is 3.01. The Bertz CT molecular complexity index is 804. The Kier molecular flexibility index (Phi) is 6.17. The van der Waals surface area contributed by atoms with Crippen molar-refractivity contribution in [3.63, 3.8) is 0 Å². The van der Waals surface area contributed by atoms with E-state index in [1.165, 1.54) is 16.2 Å². The summed E-state index contributed by atoms with van der Waals surface area (Å²) >= 11 is 7.21. The zero-order valence-corrected chi connectivity index (χ0v) is 15.6. The molecule has 0 aliphatic rings. The third kappa shape index (κ3) is 4.80. The number of halogens is 1. The first-order valence-corrected chi connectivity index (χ1v) is 8.66. The monoisotopic (exact) mass is 379 g/mol. The Morgan fingerprint density at radius 2 is 1.76 bits per heavy atom. The highest BCUT2D eigenvalue weighted by Gasteiger charge is 2.21. The van der Waals surface area contributed by atoms with E-state index in [0.29, 0.717) is 9.90 Å². The molecule has 0 aliphatic heterocycles. The molecule has 0 saturated carbocycles. The molecule has 0 aliphatic carbocycles. The van der Waals surface area contributed by atoms with Crippen LogP contribution in [0, 0.1) is 0 Å². The summed E-state index contributed by atoms with van der Waals surface area (Å²) in [5, 5.41) is 5.09. The molecule has 0 bridgehead atoms. The van der Waals surface area contributed by atoms with Gasteiger partial charge in [-0.1, -0.05) is 23.7 Å². The van der Waals surface area contributed by atoms with Gasteiger partial charge in [-0.3, -0.25) is 14.4 Å². The van der Waals surface area contributed by atoms with E-state index in [4.69, 9.17) is 11.6 Å². The lowest BCUT2D eigenvalue weighted by atomic mass is 10.1. The minimum absolute atomic E-state index is 0.266. The second kappa shape index (κ2) is 8.13. The molecule has 3 amide bonds. The molecule has 2 rings (SSSR count). The highest BCUT2D eigenvalue weighted by molar-refractivity contribution is 7.16. The van der Waals surface area contributed by atoms with Gasteiger partial charge in [0.1, 0.15) is 0 Å². The zero-order valence-electron chi connectivity index (χ0n) is 14.0. The Balaban J connectivity index is 2.07. The number of hydrogen-bond donors (Lipinski definition) is 2. The molecule has 1 atom stereocenters. The minimum atomic E-state index is -0.839. The number of nitrogens with one attached hydrogen (secondary N) is 2. The maximum absolute atomic E-state index is 12.2. The molecule has 1 unspecified atom stereocenters. The summed E-state index contributed by atoms with van der Waals surface area (Å²) in [6.45, 7) is 1.76. The lowest BCUT2D eigenvalue weighted by Gasteiger charge is -2.15. The Hall–Kier alpha value is -2.38. The summed E-state index contributed by atoms with van der Waals surface area (Å²) in [4.78, 5) is 38.6. The molecule has 25 heavy (non-hydrogen) atoms. The normalized spacial score (nSPS) is 11.5. The van der Waals surface area contributed by atoms with Crippen molar-refractivity contribution in [2.24, 2.45) is 0 Å². The van der Waals surface area contributed by atoms with Crippen molar-refractivity contribution in [1.29, 1.82) is 0 Å². The summed E-state index contributed by atoms with van der Waals surface area (Å²) in [5.74, 6) is -1.89. The van der Waals surface area contributed by atoms with Crippen LogP contribution in [-0.4, -0.2) is 36.7 Å². The van der Waals surface area contributed by atoms with Gasteiger partial charge in [-0.2, -0.15) is 0 Å². The smallest absolute Gasteiger partial charge is 0.313 e. The van der Waals surface area contributed by atoms with Crippen molar-refractivity contribution < 1.29 is 14.4 Å². The number of rotatable bonds is 4. The van der Waals surface area contributed by atoms with E-state index in [0.717, 1.165) is 4.88 Å². The summed E-state index contributed by atoms with van der Waals surface area (Å²) < 4.78 is 0.608. The Morgan fingerprint density at radius 1 is 1.08 bits per heavy atom. The summed E-state index contributed by atoms with van der Waals surface area (Å²) in [6.07, 6.45) is 0. The Morgan fingerprint density at radius 3 is 2.36 bits per heavy atom. The van der Waals surface area contributed by atoms with Crippen molar-refractivity contribution in [3.05, 3.63) is 51.2 Å². The van der Waals surface area contributed by atoms with Crippen molar-refractivity contribution in [2.45, 2.75) is 13.0 Å². The number of anilines is 1. The first-order chi connectivity index (χ1) is 11.8. The van der Waals surface area contributed by atoms with Crippen LogP contribution in [0.4, 0.5) is 5.69 Å². The van der Waals surface area contributed by atoms with Gasteiger partial charge in [0.25, 0.3) is 5.91 Å². The fourth-order valence-corrected chi connectivity index (χ4v) is 3.16. The number of carbonyl (C=O) groups excluding carboxylic acids is 3. The number of nitrogens with zero attached hydrogens (tertiary/aromatic N) is 1. The fraction of sp³-hybridized carbons (Fsp3) is 0.235. The van der Waals surface area contributed by atoms with Crippen LogP contribution in [0.15, 0.2) is 36.4 Å². The first kappa shape index (κ1) is 19.0. The van der Waals surface area contributed by atoms with Crippen LogP contribution in [0.1, 0.15) is 28.2 Å². The standard InChI is InChI=1S/C17H18ClN3O3S/c1-10(13-8-9-14(18)25-13)19-15(22)16(23)20-12-7-5-4-6-11(12)17(24)21(2)3/h4-10H,1-3H3,(H,19,22)(H,20,23). The van der Waals surface area contributed by atoms with Gasteiger partial charge in [-0.25, -0.2) is 0 Å². The molecule has 0 radical (unpaired) electrons. The molecule has 1 aromatic heterocycles. The van der Waals surface area contributed by atoms with Gasteiger partial charge in [0.2, 0.25) is 0 Å². The van der Waals surface area contributed by atoms with Crippen molar-refractivity contribution in [3.8, 4) is 0 Å². The molecule has 0 fully saturated rings. The SMILES string of the molecule is CC(NC(=O)C(=O)Nc1ccccc1C(=O)N(C)C)c1ccc(Cl)s1. The lowest BCUT2D eigenvalue weighted by molar-refractivity contribution is -0.136. The molecule has 132 valence electrons. The molecule has 6 nitrogen and oxygen atoms in total. The molecule has 1 aromatic carbocycles. The van der Waals surface area contributed by atoms with Crippen LogP contribution >= 0.6 is 22.9 Å². The van der Waals surface area contributed by atoms with Gasteiger partial charge in [-0.05, 0) is 31.2 Å². The van der Waals surface area contributed by atoms with Gasteiger partial charge in [-0.15, -0.1) is 11.3 Å². The third-order valence-corrected chi connectivity index (χ3v) is 4.80. The largest absolute Gasteiger partial charge is 0.345 e. The third-order valence-electron chi connectivity index (χ3n) is 3.39. The number of hydrogen-bond acceptors (Lipinski definition) is 4. The van der Waals surface area contributed by atoms with Crippen LogP contribution < -0.4 is 10.6 Å². The molecule has 8 heteroatoms. The number of amides is 3. The fourth-order valence-electron chi connectivity index (χ4n) is 2.09. The number of thiophene rings is 1. The quantitative estimate of drug-likeness (QED) is 0.802. The van der Waals surface area contributed by atoms with Gasteiger partial charge in [0, 0.05) is 19.0 Å². The van der Waals surface area contributed by atoms with Crippen LogP contribution in [0.3, 0.4) is 0 Å². The van der Waals surface area contributed by atoms with Crippen LogP contribution in [0.5, 0.6) is 0 Å². The molecule has 0 spiro atoms. The molecule has 2 aromatic rings. The second-order valence-corrected chi connectivity index (χ2v) is 7.28. The first-order valence-electron chi connectivity index (χ1n) is 7.47. The topological polar surface area (TPSA) is 78.5 Å². The second-order valence-electron chi connectivity index (χ2n) is 5.54. The number of carbonyl (C=O) groups is 3. The zero-order chi connectivity index (χ0) is 18.6. The van der Waals surface area contributed by atoms with Gasteiger partial charge >= 0.3 is 11.8 Å². The maximum atomic E-state index is 12.2. The van der Waals surface area contributed by atoms with Gasteiger partial charge in [0.15, 0.2) is 0 Å². The average molecular weight is 380 g/mol. The predicted octanol–water partition coefficient (Wildman–Crippen LogP) is 2.92. The van der Waals surface area contributed by atoms with E-state index in [1.807, 2.05) is 0 Å². The summed E-state index contributed by atoms with van der Waals surface area (Å²) in [6, 6.07) is 9.70. The van der Waals surface area contributed by atoms with Gasteiger partial charge in [0.05, 0.1) is 21.6 Å². The lowest BCUT2D eigenvalue weighted by Crippen LogP contribution is -2.37. The Labute approximate surface area is 154 Å². The minimum Gasteiger partial charge on any atom is -0.345 e. The number of benzene rings is 1. The highest BCUT2D eigenvalue weighted by atomic mass is 35.5. The molecular formula is C17H18ClN3O3S. The van der Waals surface area contributed by atoms with Crippen LogP contribution in [-0.2, 0) is 9.59 Å². The van der Waals surface area contributed by atoms with Crippen molar-refractivity contribution in [2.75, 3.05) is 19.4 Å². The van der Waals surface area contributed by atoms with E-state index >= 15 is 0 Å². The highest BCUT2D eigenvalue weighted by Crippen LogP contribution is 2.26. The van der Waals surface area contributed by atoms with Crippen molar-refractivity contribution >= 4 is 46.3 Å². The van der Waals surface area contributed by atoms with E-state index < -0.39 is 11.8 Å². The molecular weight excluding hydrogens is 362 g/mol. The molecule has 1 heterocycles. The summed E-state index contributed by atoms with van der Waals surface area (Å²) in [5.41, 5.74) is 0.597. The van der Waals surface area contributed by atoms with Gasteiger partial charge < -0.3 is 15.5 Å². The van der Waals surface area contributed by atoms with Crippen molar-refractivity contribution in [1.82, 2.24) is 10.2 Å². The van der Waals surface area contributed by atoms with E-state index in [2.05, 4.69) is 10.6 Å².